The van der Waals surface area contributed by atoms with Gasteiger partial charge in [0.2, 0.25) is 6.79 Å². The van der Waals surface area contributed by atoms with Crippen molar-refractivity contribution in [2.45, 2.75) is 115 Å². The van der Waals surface area contributed by atoms with Gasteiger partial charge in [0.05, 0.1) is 66.1 Å². The van der Waals surface area contributed by atoms with Crippen molar-refractivity contribution in [2.24, 2.45) is 51.6 Å². The van der Waals surface area contributed by atoms with Gasteiger partial charge in [-0.05, 0) is 90.0 Å². The molecule has 0 spiro atoms. The highest BCUT2D eigenvalue weighted by Crippen LogP contribution is 2.20. The van der Waals surface area contributed by atoms with Crippen LogP contribution in [-0.4, -0.2) is 131 Å². The van der Waals surface area contributed by atoms with Crippen LogP contribution in [0.5, 0.6) is 0 Å². The molecule has 2 aromatic rings. The minimum atomic E-state index is -4.27. The van der Waals surface area contributed by atoms with E-state index in [1.807, 2.05) is 20.8 Å². The lowest BCUT2D eigenvalue weighted by atomic mass is 9.92. The molecule has 0 aliphatic heterocycles. The summed E-state index contributed by atoms with van der Waals surface area (Å²) in [5.74, 6) is -8.18. The number of ether oxygens (including phenoxy) is 5. The van der Waals surface area contributed by atoms with E-state index in [4.69, 9.17) is 46.6 Å². The monoisotopic (exact) mass is 1170 g/mol. The van der Waals surface area contributed by atoms with E-state index in [9.17, 15) is 64.3 Å². The molecule has 0 saturated heterocycles. The normalized spacial score (nSPS) is 12.3. The Balaban J connectivity index is 0.00000230. The van der Waals surface area contributed by atoms with Crippen molar-refractivity contribution in [3.63, 3.8) is 0 Å². The molecule has 446 valence electrons. The second kappa shape index (κ2) is 40.0. The number of carbonyl (C=O) groups excluding carboxylic acids is 8. The van der Waals surface area contributed by atoms with Gasteiger partial charge in [-0.1, -0.05) is 54.5 Å². The zero-order valence-electron chi connectivity index (χ0n) is 45.8. The summed E-state index contributed by atoms with van der Waals surface area (Å²) in [4.78, 5) is 106. The fourth-order valence-electron chi connectivity index (χ4n) is 6.90. The molecule has 0 aliphatic carbocycles. The van der Waals surface area contributed by atoms with Crippen LogP contribution < -0.4 is 27.9 Å². The fraction of sp³-hybridized carbons (Fsp3) is 0.509. The van der Waals surface area contributed by atoms with E-state index in [0.29, 0.717) is 25.8 Å². The number of rotatable bonds is 37. The summed E-state index contributed by atoms with van der Waals surface area (Å²) in [6, 6.07) is 11.6. The second-order valence-electron chi connectivity index (χ2n) is 18.0. The molecule has 9 N–H and O–H groups in total. The molecule has 4 atom stereocenters. The number of nitrogens with two attached hydrogens (primary N) is 4. The van der Waals surface area contributed by atoms with Gasteiger partial charge in [-0.25, -0.2) is 16.8 Å². The molecule has 80 heavy (non-hydrogen) atoms. The highest BCUT2D eigenvalue weighted by Gasteiger charge is 2.29. The van der Waals surface area contributed by atoms with Crippen LogP contribution in [0.2, 0.25) is 0 Å². The number of nitrogens with zero attached hydrogens (tertiary/aromatic N) is 1. The van der Waals surface area contributed by atoms with Gasteiger partial charge in [-0.15, -0.1) is 13.2 Å². The Hall–Kier alpha value is -7.20. The molecule has 25 nitrogen and oxygen atoms in total. The largest absolute Gasteiger partial charge is 0.744 e. The van der Waals surface area contributed by atoms with Crippen molar-refractivity contribution in [3.8, 4) is 0 Å². The van der Waals surface area contributed by atoms with Gasteiger partial charge < -0.3 is 44.3 Å². The number of esters is 4. The lowest BCUT2D eigenvalue weighted by Crippen LogP contribution is -2.78. The number of guanidine groups is 2. The number of benzene rings is 2. The first-order valence-electron chi connectivity index (χ1n) is 25.3. The second-order valence-corrected chi connectivity index (χ2v) is 20.8. The lowest BCUT2D eigenvalue weighted by Gasteiger charge is -2.18. The molecular formula is C53H77N6O19S2-. The molecular weight excluding hydrogens is 1090 g/mol. The SMILES string of the molecule is C=CCC(CC)C(=O)OCCOCCOC(=O)C(CC=C)CC(=O)CC(=O)CC(CCCN=C(N)N)C(=O)OCOC(=O)C(CCC[NH+]=C(N)N)CC(=O)CC(C)=O.Cc1ccc(S(=O)(=O)[O-])cc1.Cc1ccc(S(=O)(=O)[O-])cc1. The number of hydrogen-bond donors (Lipinski definition) is 5. The number of ketones is 4. The number of aryl methyl sites for hydroxylation is 2. The van der Waals surface area contributed by atoms with Crippen molar-refractivity contribution in [3.05, 3.63) is 85.0 Å². The van der Waals surface area contributed by atoms with E-state index in [0.717, 1.165) is 11.1 Å². The number of allylic oxidation sites excluding steroid dienone is 2. The molecule has 2 aromatic carbocycles. The van der Waals surface area contributed by atoms with Crippen LogP contribution in [0.1, 0.15) is 102 Å². The van der Waals surface area contributed by atoms with Crippen LogP contribution in [-0.2, 0) is 82.3 Å². The maximum Gasteiger partial charge on any atom is 0.338 e. The summed E-state index contributed by atoms with van der Waals surface area (Å²) in [5, 5.41) is 0. The van der Waals surface area contributed by atoms with E-state index in [-0.39, 0.29) is 117 Å². The maximum atomic E-state index is 13.1. The highest BCUT2D eigenvalue weighted by molar-refractivity contribution is 7.86. The van der Waals surface area contributed by atoms with E-state index in [1.165, 1.54) is 37.3 Å². The molecule has 2 rings (SSSR count). The van der Waals surface area contributed by atoms with Crippen LogP contribution >= 0.6 is 0 Å². The molecule has 0 radical (unpaired) electrons. The quantitative estimate of drug-likeness (QED) is 0.00734. The summed E-state index contributed by atoms with van der Waals surface area (Å²) in [5.41, 5.74) is 23.4. The Bertz CT molecular complexity index is 2540. The number of carbonyl (C=O) groups is 8. The third kappa shape index (κ3) is 35.3. The average Bonchev–Trinajstić information content (AvgIpc) is 3.36. The lowest BCUT2D eigenvalue weighted by molar-refractivity contribution is -0.459. The third-order valence-electron chi connectivity index (χ3n) is 11.0. The smallest absolute Gasteiger partial charge is 0.338 e. The Morgan fingerprint density at radius 3 is 1.40 bits per heavy atom. The summed E-state index contributed by atoms with van der Waals surface area (Å²) in [6.07, 6.45) is 3.24. The topological polar surface area (TPSA) is 428 Å². The Kier molecular flexibility index (Phi) is 36.4. The van der Waals surface area contributed by atoms with Gasteiger partial charge in [0, 0.05) is 25.8 Å². The van der Waals surface area contributed by atoms with E-state index >= 15 is 0 Å². The maximum absolute atomic E-state index is 13.1. The molecule has 0 aromatic heterocycles. The minimum absolute atomic E-state index is 0.0173. The zero-order valence-corrected chi connectivity index (χ0v) is 47.4. The van der Waals surface area contributed by atoms with Crippen LogP contribution in [0.4, 0.5) is 0 Å². The van der Waals surface area contributed by atoms with Gasteiger partial charge in [-0.3, -0.25) is 59.8 Å². The van der Waals surface area contributed by atoms with Crippen LogP contribution in [0.3, 0.4) is 0 Å². The first-order chi connectivity index (χ1) is 37.5. The standard InChI is InChI=1S/C39H62N6O13.2C7H8O3S/c1-5-10-27(7-3)34(50)55-18-16-54-17-19-56-35(51)28(11-6-2)21-32(48)24-33(49)23-30(13-9-15-45-39(42)43)37(53)58-25-57-36(52)29(12-8-14-44-38(40)41)22-31(47)20-26(4)46;2*1-6-2-4-7(5-3-6)11(8,9)10/h5-6,27-30H,1-2,7-25H2,3-4H3,(H4,40,41,44)(H4,42,43,45);2*2-5H,1H3,(H,8,9,10)/p-1. The number of Topliss-reactive ketones (excluding diaryl/α,β-unsaturated/α-hetero) is 4. The van der Waals surface area contributed by atoms with Crippen molar-refractivity contribution >= 4 is 79.2 Å². The molecule has 4 unspecified atom stereocenters. The van der Waals surface area contributed by atoms with Crippen LogP contribution in [0.25, 0.3) is 0 Å². The first kappa shape index (κ1) is 72.8. The van der Waals surface area contributed by atoms with Crippen LogP contribution in [0, 0.1) is 37.5 Å². The predicted octanol–water partition coefficient (Wildman–Crippen LogP) is 1.39. The third-order valence-corrected chi connectivity index (χ3v) is 12.7. The zero-order chi connectivity index (χ0) is 60.8. The van der Waals surface area contributed by atoms with Crippen molar-refractivity contribution in [1.29, 1.82) is 0 Å². The van der Waals surface area contributed by atoms with Gasteiger partial charge in [0.15, 0.2) is 5.96 Å². The Morgan fingerprint density at radius 2 is 1.00 bits per heavy atom. The summed E-state index contributed by atoms with van der Waals surface area (Å²) >= 11 is 0. The summed E-state index contributed by atoms with van der Waals surface area (Å²) < 4.78 is 88.4. The average molecular weight is 1170 g/mol. The number of aliphatic imine (C=N–C) groups is 1. The van der Waals surface area contributed by atoms with Crippen molar-refractivity contribution in [1.82, 2.24) is 0 Å². The number of nitrogens with one attached hydrogen (secondary N) is 1. The van der Waals surface area contributed by atoms with Crippen molar-refractivity contribution < 1.29 is 93.0 Å². The van der Waals surface area contributed by atoms with Crippen molar-refractivity contribution in [2.75, 3.05) is 46.3 Å². The summed E-state index contributed by atoms with van der Waals surface area (Å²) in [7, 11) is -8.54. The molecule has 27 heteroatoms. The Morgan fingerprint density at radius 1 is 0.600 bits per heavy atom. The molecule has 0 bridgehead atoms. The predicted molar refractivity (Wildman–Crippen MR) is 289 cm³/mol. The van der Waals surface area contributed by atoms with Gasteiger partial charge in [0.25, 0.3) is 0 Å². The van der Waals surface area contributed by atoms with E-state index in [1.54, 1.807) is 30.3 Å². The molecule has 0 amide bonds. The number of hydrogen-bond acceptors (Lipinski definition) is 20. The highest BCUT2D eigenvalue weighted by atomic mass is 32.2. The Labute approximate surface area is 467 Å². The minimum Gasteiger partial charge on any atom is -0.744 e. The van der Waals surface area contributed by atoms with Gasteiger partial charge in [-0.2, -0.15) is 0 Å². The van der Waals surface area contributed by atoms with E-state index in [2.05, 4.69) is 23.1 Å². The molecule has 0 heterocycles. The molecule has 0 fully saturated rings. The van der Waals surface area contributed by atoms with Gasteiger partial charge in [0.1, 0.15) is 56.6 Å². The molecule has 0 aliphatic rings. The first-order valence-corrected chi connectivity index (χ1v) is 28.1. The van der Waals surface area contributed by atoms with E-state index < -0.39 is 92.9 Å². The van der Waals surface area contributed by atoms with Crippen LogP contribution in [0.15, 0.2) is 88.6 Å². The molecule has 0 saturated carbocycles. The fourth-order valence-corrected chi connectivity index (χ4v) is 7.84. The van der Waals surface area contributed by atoms with Gasteiger partial charge >= 0.3 is 29.8 Å². The summed E-state index contributed by atoms with van der Waals surface area (Å²) in [6.45, 7) is 13.6.